The van der Waals surface area contributed by atoms with Gasteiger partial charge in [-0.3, -0.25) is 10.00 Å². The summed E-state index contributed by atoms with van der Waals surface area (Å²) in [7, 11) is 3.53. The molecule has 2 aromatic rings. The molecule has 0 radical (unpaired) electrons. The lowest BCUT2D eigenvalue weighted by Gasteiger charge is -2.35. The molecule has 6 nitrogen and oxygen atoms in total. The number of aryl methyl sites for hydroxylation is 2. The zero-order chi connectivity index (χ0) is 16.9. The molecule has 0 unspecified atom stereocenters. The van der Waals surface area contributed by atoms with E-state index < -0.39 is 0 Å². The summed E-state index contributed by atoms with van der Waals surface area (Å²) < 4.78 is 7.06. The molecule has 4 rings (SSSR count). The van der Waals surface area contributed by atoms with E-state index in [-0.39, 0.29) is 11.4 Å². The summed E-state index contributed by atoms with van der Waals surface area (Å²) in [6, 6.07) is 8.02. The van der Waals surface area contributed by atoms with E-state index in [1.54, 1.807) is 11.8 Å². The molecule has 1 aliphatic carbocycles. The van der Waals surface area contributed by atoms with Crippen molar-refractivity contribution >= 4 is 11.8 Å². The van der Waals surface area contributed by atoms with Crippen LogP contribution in [0.4, 0.5) is 10.6 Å². The van der Waals surface area contributed by atoms with Gasteiger partial charge in [-0.2, -0.15) is 5.10 Å². The molecule has 6 heteroatoms. The molecular formula is C18H22N4O2. The smallest absolute Gasteiger partial charge is 0.323 e. The van der Waals surface area contributed by atoms with Crippen molar-refractivity contribution in [2.24, 2.45) is 7.05 Å². The van der Waals surface area contributed by atoms with Gasteiger partial charge in [0.1, 0.15) is 11.6 Å². The Morgan fingerprint density at radius 3 is 2.75 bits per heavy atom. The topological polar surface area (TPSA) is 59.4 Å². The van der Waals surface area contributed by atoms with Gasteiger partial charge < -0.3 is 9.64 Å². The summed E-state index contributed by atoms with van der Waals surface area (Å²) in [5.41, 5.74) is 3.57. The largest absolute Gasteiger partial charge is 0.497 e. The second kappa shape index (κ2) is 5.26. The molecule has 1 fully saturated rings. The van der Waals surface area contributed by atoms with Crippen LogP contribution in [-0.4, -0.2) is 34.4 Å². The lowest BCUT2D eigenvalue weighted by atomic mass is 9.87. The molecule has 1 spiro atoms. The molecule has 2 aliphatic rings. The molecule has 1 saturated carbocycles. The fourth-order valence-electron chi connectivity index (χ4n) is 3.66. The van der Waals surface area contributed by atoms with E-state index in [1.165, 1.54) is 11.1 Å². The molecule has 0 atom stereocenters. The Balaban J connectivity index is 1.57. The zero-order valence-electron chi connectivity index (χ0n) is 14.3. The van der Waals surface area contributed by atoms with Gasteiger partial charge in [-0.1, -0.05) is 6.07 Å². The molecule has 0 saturated heterocycles. The summed E-state index contributed by atoms with van der Waals surface area (Å²) in [5.74, 6) is 1.62. The van der Waals surface area contributed by atoms with E-state index in [2.05, 4.69) is 22.5 Å². The fraction of sp³-hybridized carbons (Fsp3) is 0.444. The van der Waals surface area contributed by atoms with E-state index in [0.29, 0.717) is 6.54 Å². The molecular weight excluding hydrogens is 304 g/mol. The van der Waals surface area contributed by atoms with Crippen molar-refractivity contribution in [3.63, 3.8) is 0 Å². The van der Waals surface area contributed by atoms with Crippen molar-refractivity contribution < 1.29 is 9.53 Å². The SMILES string of the molecule is COc1ccc2c(c1)C1(CC1)CN(C(=O)Nc1cc(C)nn1C)C2. The number of anilines is 1. The van der Waals surface area contributed by atoms with Crippen LogP contribution >= 0.6 is 0 Å². The summed E-state index contributed by atoms with van der Waals surface area (Å²) in [5, 5.41) is 7.26. The van der Waals surface area contributed by atoms with Gasteiger partial charge in [-0.05, 0) is 43.0 Å². The number of urea groups is 1. The van der Waals surface area contributed by atoms with Crippen LogP contribution in [0.3, 0.4) is 0 Å². The van der Waals surface area contributed by atoms with Crippen LogP contribution in [0, 0.1) is 6.92 Å². The molecule has 126 valence electrons. The number of hydrogen-bond acceptors (Lipinski definition) is 3. The molecule has 1 aromatic carbocycles. The van der Waals surface area contributed by atoms with Gasteiger partial charge in [0.15, 0.2) is 0 Å². The number of carbonyl (C=O) groups excluding carboxylic acids is 1. The maximum absolute atomic E-state index is 12.7. The Hall–Kier alpha value is -2.50. The number of amides is 2. The van der Waals surface area contributed by atoms with E-state index in [9.17, 15) is 4.79 Å². The lowest BCUT2D eigenvalue weighted by molar-refractivity contribution is 0.197. The number of benzene rings is 1. The number of methoxy groups -OCH3 is 1. The second-order valence-electron chi connectivity index (χ2n) is 6.88. The third-order valence-corrected chi connectivity index (χ3v) is 5.12. The fourth-order valence-corrected chi connectivity index (χ4v) is 3.66. The van der Waals surface area contributed by atoms with Gasteiger partial charge in [-0.25, -0.2) is 4.79 Å². The Morgan fingerprint density at radius 2 is 2.12 bits per heavy atom. The molecule has 2 amide bonds. The quantitative estimate of drug-likeness (QED) is 0.923. The third-order valence-electron chi connectivity index (χ3n) is 5.12. The summed E-state index contributed by atoms with van der Waals surface area (Å²) >= 11 is 0. The molecule has 0 bridgehead atoms. The number of ether oxygens (including phenoxy) is 1. The van der Waals surface area contributed by atoms with Crippen LogP contribution in [-0.2, 0) is 19.0 Å². The lowest BCUT2D eigenvalue weighted by Crippen LogP contribution is -2.44. The number of rotatable bonds is 2. The molecule has 1 aliphatic heterocycles. The maximum atomic E-state index is 12.7. The normalized spacial score (nSPS) is 17.5. The molecule has 24 heavy (non-hydrogen) atoms. The van der Waals surface area contributed by atoms with Crippen LogP contribution in [0.5, 0.6) is 5.75 Å². The molecule has 1 aromatic heterocycles. The van der Waals surface area contributed by atoms with Gasteiger partial charge in [0.25, 0.3) is 0 Å². The van der Waals surface area contributed by atoms with E-state index >= 15 is 0 Å². The number of nitrogens with zero attached hydrogens (tertiary/aromatic N) is 3. The number of nitrogens with one attached hydrogen (secondary N) is 1. The number of aromatic nitrogens is 2. The minimum atomic E-state index is -0.0641. The first-order valence-electron chi connectivity index (χ1n) is 8.25. The number of carbonyl (C=O) groups is 1. The highest BCUT2D eigenvalue weighted by Gasteiger charge is 2.50. The van der Waals surface area contributed by atoms with Gasteiger partial charge in [0, 0.05) is 31.6 Å². The highest BCUT2D eigenvalue weighted by Crippen LogP contribution is 2.53. The number of fused-ring (bicyclic) bond motifs is 2. The standard InChI is InChI=1S/C18H22N4O2/c1-12-8-16(21(2)20-12)19-17(23)22-10-13-4-5-14(24-3)9-15(13)18(11-22)6-7-18/h4-5,8-9H,6-7,10-11H2,1-3H3,(H,19,23). The van der Waals surface area contributed by atoms with Crippen molar-refractivity contribution in [3.8, 4) is 5.75 Å². The average molecular weight is 326 g/mol. The Morgan fingerprint density at radius 1 is 1.33 bits per heavy atom. The average Bonchev–Trinajstić information content (AvgIpc) is 3.26. The second-order valence-corrected chi connectivity index (χ2v) is 6.88. The number of hydrogen-bond donors (Lipinski definition) is 1. The van der Waals surface area contributed by atoms with E-state index in [1.807, 2.05) is 31.0 Å². The van der Waals surface area contributed by atoms with Crippen molar-refractivity contribution in [1.29, 1.82) is 0 Å². The van der Waals surface area contributed by atoms with Crippen molar-refractivity contribution in [2.75, 3.05) is 19.0 Å². The summed E-state index contributed by atoms with van der Waals surface area (Å²) in [4.78, 5) is 14.6. The van der Waals surface area contributed by atoms with Crippen molar-refractivity contribution in [3.05, 3.63) is 41.1 Å². The van der Waals surface area contributed by atoms with Crippen LogP contribution in [0.25, 0.3) is 0 Å². The van der Waals surface area contributed by atoms with Crippen LogP contribution < -0.4 is 10.1 Å². The first-order valence-corrected chi connectivity index (χ1v) is 8.25. The zero-order valence-corrected chi connectivity index (χ0v) is 14.3. The first kappa shape index (κ1) is 15.1. The Kier molecular flexibility index (Phi) is 3.30. The highest BCUT2D eigenvalue weighted by atomic mass is 16.5. The minimum Gasteiger partial charge on any atom is -0.497 e. The van der Waals surface area contributed by atoms with Crippen molar-refractivity contribution in [2.45, 2.75) is 31.7 Å². The van der Waals surface area contributed by atoms with Crippen molar-refractivity contribution in [1.82, 2.24) is 14.7 Å². The van der Waals surface area contributed by atoms with Gasteiger partial charge in [0.05, 0.1) is 12.8 Å². The maximum Gasteiger partial charge on any atom is 0.323 e. The van der Waals surface area contributed by atoms with Gasteiger partial charge in [0.2, 0.25) is 0 Å². The molecule has 2 heterocycles. The summed E-state index contributed by atoms with van der Waals surface area (Å²) in [6.07, 6.45) is 2.25. The minimum absolute atomic E-state index is 0.0641. The van der Waals surface area contributed by atoms with Crippen LogP contribution in [0.2, 0.25) is 0 Å². The van der Waals surface area contributed by atoms with E-state index in [0.717, 1.165) is 36.6 Å². The summed E-state index contributed by atoms with van der Waals surface area (Å²) in [6.45, 7) is 3.30. The van der Waals surface area contributed by atoms with Gasteiger partial charge >= 0.3 is 6.03 Å². The first-order chi connectivity index (χ1) is 11.5. The van der Waals surface area contributed by atoms with Gasteiger partial charge in [-0.15, -0.1) is 0 Å². The molecule has 1 N–H and O–H groups in total. The highest BCUT2D eigenvalue weighted by molar-refractivity contribution is 5.89. The predicted octanol–water partition coefficient (Wildman–Crippen LogP) is 2.82. The van der Waals surface area contributed by atoms with Crippen LogP contribution in [0.15, 0.2) is 24.3 Å². The Bertz CT molecular complexity index is 807. The Labute approximate surface area is 141 Å². The monoisotopic (exact) mass is 326 g/mol. The predicted molar refractivity (Wildman–Crippen MR) is 91.3 cm³/mol. The van der Waals surface area contributed by atoms with Crippen LogP contribution in [0.1, 0.15) is 29.7 Å². The van der Waals surface area contributed by atoms with E-state index in [4.69, 9.17) is 4.74 Å². The third kappa shape index (κ3) is 2.42.